The molecular weight excluding hydrogens is 256 g/mol. The molecule has 0 amide bonds. The minimum absolute atomic E-state index is 0.0242. The Morgan fingerprint density at radius 2 is 1.90 bits per heavy atom. The predicted molar refractivity (Wildman–Crippen MR) is 75.3 cm³/mol. The Kier molecular flexibility index (Phi) is 3.98. The van der Waals surface area contributed by atoms with Crippen LogP contribution in [-0.4, -0.2) is 20.6 Å². The van der Waals surface area contributed by atoms with Crippen molar-refractivity contribution < 1.29 is 9.90 Å². The molecule has 1 aromatic heterocycles. The van der Waals surface area contributed by atoms with Crippen molar-refractivity contribution in [1.29, 1.82) is 0 Å². The highest BCUT2D eigenvalue weighted by molar-refractivity contribution is 5.67. The molecule has 0 saturated carbocycles. The van der Waals surface area contributed by atoms with Gasteiger partial charge in [0.15, 0.2) is 0 Å². The smallest absolute Gasteiger partial charge is 0.352 e. The van der Waals surface area contributed by atoms with E-state index in [2.05, 4.69) is 4.98 Å². The molecule has 1 heterocycles. The van der Waals surface area contributed by atoms with E-state index in [1.165, 1.54) is 4.57 Å². The van der Waals surface area contributed by atoms with Crippen molar-refractivity contribution in [3.63, 3.8) is 0 Å². The number of aromatic nitrogens is 2. The van der Waals surface area contributed by atoms with E-state index in [1.54, 1.807) is 6.92 Å². The van der Waals surface area contributed by atoms with Crippen molar-refractivity contribution >= 4 is 5.97 Å². The molecule has 1 N–H and O–H groups in total. The molecule has 0 bridgehead atoms. The van der Waals surface area contributed by atoms with Crippen LogP contribution in [0.3, 0.4) is 0 Å². The van der Waals surface area contributed by atoms with Crippen LogP contribution in [0.5, 0.6) is 0 Å². The molecule has 0 unspecified atom stereocenters. The van der Waals surface area contributed by atoms with E-state index in [4.69, 9.17) is 5.11 Å². The van der Waals surface area contributed by atoms with Crippen LogP contribution in [0.15, 0.2) is 35.1 Å². The second-order valence-corrected chi connectivity index (χ2v) is 4.61. The van der Waals surface area contributed by atoms with Crippen LogP contribution in [0.1, 0.15) is 23.4 Å². The number of rotatable bonds is 4. The summed E-state index contributed by atoms with van der Waals surface area (Å²) in [5.74, 6) is -0.860. The van der Waals surface area contributed by atoms with Crippen molar-refractivity contribution in [2.45, 2.75) is 26.7 Å². The monoisotopic (exact) mass is 272 g/mol. The lowest BCUT2D eigenvalue weighted by molar-refractivity contribution is -0.136. The van der Waals surface area contributed by atoms with Gasteiger partial charge < -0.3 is 5.11 Å². The van der Waals surface area contributed by atoms with Gasteiger partial charge in [0.25, 0.3) is 0 Å². The summed E-state index contributed by atoms with van der Waals surface area (Å²) in [7, 11) is 0. The van der Waals surface area contributed by atoms with Crippen LogP contribution >= 0.6 is 0 Å². The molecule has 0 aliphatic rings. The highest BCUT2D eigenvalue weighted by Gasteiger charge is 2.13. The molecule has 2 rings (SSSR count). The molecule has 0 saturated heterocycles. The van der Waals surface area contributed by atoms with Gasteiger partial charge in [0, 0.05) is 17.8 Å². The van der Waals surface area contributed by atoms with Gasteiger partial charge in [-0.3, -0.25) is 9.36 Å². The Morgan fingerprint density at radius 1 is 1.25 bits per heavy atom. The average Bonchev–Trinajstić information content (AvgIpc) is 2.38. The van der Waals surface area contributed by atoms with Crippen molar-refractivity contribution in [2.75, 3.05) is 0 Å². The minimum atomic E-state index is -0.860. The van der Waals surface area contributed by atoms with Crippen molar-refractivity contribution in [2.24, 2.45) is 0 Å². The Balaban J connectivity index is 2.56. The fraction of sp³-hybridized carbons (Fsp3) is 0.267. The first-order chi connectivity index (χ1) is 9.50. The van der Waals surface area contributed by atoms with Crippen LogP contribution in [-0.2, 0) is 11.2 Å². The lowest BCUT2D eigenvalue weighted by Crippen LogP contribution is -2.26. The number of aliphatic carboxylic acids is 1. The summed E-state index contributed by atoms with van der Waals surface area (Å²) < 4.78 is 1.52. The van der Waals surface area contributed by atoms with Gasteiger partial charge in [-0.1, -0.05) is 18.2 Å². The number of hydrogen-bond donors (Lipinski definition) is 1. The number of hydrogen-bond acceptors (Lipinski definition) is 3. The van der Waals surface area contributed by atoms with E-state index in [0.29, 0.717) is 12.1 Å². The fourth-order valence-electron chi connectivity index (χ4n) is 2.28. The number of benzene rings is 1. The molecule has 5 nitrogen and oxygen atoms in total. The van der Waals surface area contributed by atoms with Gasteiger partial charge in [0.2, 0.25) is 0 Å². The topological polar surface area (TPSA) is 72.2 Å². The lowest BCUT2D eigenvalue weighted by Gasteiger charge is -2.15. The van der Waals surface area contributed by atoms with E-state index < -0.39 is 5.97 Å². The molecule has 5 heteroatoms. The highest BCUT2D eigenvalue weighted by atomic mass is 16.4. The Hall–Kier alpha value is -2.43. The zero-order valence-corrected chi connectivity index (χ0v) is 11.5. The van der Waals surface area contributed by atoms with Gasteiger partial charge in [-0.15, -0.1) is 0 Å². The summed E-state index contributed by atoms with van der Waals surface area (Å²) in [6, 6.07) is 9.21. The zero-order valence-electron chi connectivity index (χ0n) is 11.5. The van der Waals surface area contributed by atoms with Gasteiger partial charge in [-0.2, -0.15) is 4.98 Å². The highest BCUT2D eigenvalue weighted by Crippen LogP contribution is 2.15. The standard InChI is InChI=1S/C15H16N2O3/c1-10-13(8-9-14(18)19)11(2)17(15(20)16-10)12-6-4-3-5-7-12/h3-7H,8-9H2,1-2H3,(H,18,19). The van der Waals surface area contributed by atoms with Gasteiger partial charge in [0.05, 0.1) is 5.69 Å². The third-order valence-electron chi connectivity index (χ3n) is 3.27. The molecule has 20 heavy (non-hydrogen) atoms. The van der Waals surface area contributed by atoms with Gasteiger partial charge in [-0.25, -0.2) is 4.79 Å². The molecule has 0 fully saturated rings. The van der Waals surface area contributed by atoms with E-state index in [9.17, 15) is 9.59 Å². The summed E-state index contributed by atoms with van der Waals surface area (Å²) in [6.07, 6.45) is 0.392. The number of carboxylic acid groups (broad SMARTS) is 1. The van der Waals surface area contributed by atoms with E-state index in [-0.39, 0.29) is 12.1 Å². The zero-order chi connectivity index (χ0) is 14.7. The lowest BCUT2D eigenvalue weighted by atomic mass is 10.1. The van der Waals surface area contributed by atoms with Gasteiger partial charge in [-0.05, 0) is 38.0 Å². The van der Waals surface area contributed by atoms with Crippen molar-refractivity contribution in [1.82, 2.24) is 9.55 Å². The first kappa shape index (κ1) is 14.0. The predicted octanol–water partition coefficient (Wildman–Crippen LogP) is 1.87. The van der Waals surface area contributed by atoms with Gasteiger partial charge >= 0.3 is 11.7 Å². The van der Waals surface area contributed by atoms with Crippen LogP contribution in [0, 0.1) is 13.8 Å². The molecule has 0 atom stereocenters. The van der Waals surface area contributed by atoms with E-state index in [0.717, 1.165) is 16.9 Å². The minimum Gasteiger partial charge on any atom is -0.481 e. The first-order valence-electron chi connectivity index (χ1n) is 6.37. The summed E-state index contributed by atoms with van der Waals surface area (Å²) >= 11 is 0. The second kappa shape index (κ2) is 5.69. The van der Waals surface area contributed by atoms with Crippen LogP contribution in [0.25, 0.3) is 5.69 Å². The largest absolute Gasteiger partial charge is 0.481 e. The summed E-state index contributed by atoms with van der Waals surface area (Å²) in [4.78, 5) is 26.8. The molecule has 2 aromatic rings. The molecule has 104 valence electrons. The maximum absolute atomic E-state index is 12.1. The molecular formula is C15H16N2O3. The number of aryl methyl sites for hydroxylation is 1. The summed E-state index contributed by atoms with van der Waals surface area (Å²) in [5.41, 5.74) is 2.55. The third-order valence-corrected chi connectivity index (χ3v) is 3.27. The van der Waals surface area contributed by atoms with Gasteiger partial charge in [0.1, 0.15) is 0 Å². The SMILES string of the molecule is Cc1nc(=O)n(-c2ccccc2)c(C)c1CCC(=O)O. The normalized spacial score (nSPS) is 10.5. The van der Waals surface area contributed by atoms with E-state index >= 15 is 0 Å². The van der Waals surface area contributed by atoms with Crippen LogP contribution in [0.4, 0.5) is 0 Å². The quantitative estimate of drug-likeness (QED) is 0.922. The number of para-hydroxylation sites is 1. The van der Waals surface area contributed by atoms with Crippen molar-refractivity contribution in [3.05, 3.63) is 57.8 Å². The Bertz CT molecular complexity index is 690. The van der Waals surface area contributed by atoms with E-state index in [1.807, 2.05) is 37.3 Å². The third kappa shape index (κ3) is 2.77. The maximum atomic E-state index is 12.1. The Morgan fingerprint density at radius 3 is 2.50 bits per heavy atom. The maximum Gasteiger partial charge on any atom is 0.352 e. The van der Waals surface area contributed by atoms with Crippen LogP contribution < -0.4 is 5.69 Å². The summed E-state index contributed by atoms with van der Waals surface area (Å²) in [5, 5.41) is 8.81. The first-order valence-corrected chi connectivity index (χ1v) is 6.37. The summed E-state index contributed by atoms with van der Waals surface area (Å²) in [6.45, 7) is 3.56. The fourth-order valence-corrected chi connectivity index (χ4v) is 2.28. The van der Waals surface area contributed by atoms with Crippen LogP contribution in [0.2, 0.25) is 0 Å². The number of carboxylic acids is 1. The number of nitrogens with zero attached hydrogens (tertiary/aromatic N) is 2. The number of carbonyl (C=O) groups is 1. The molecule has 0 radical (unpaired) electrons. The molecule has 0 spiro atoms. The molecule has 1 aromatic carbocycles. The average molecular weight is 272 g/mol. The second-order valence-electron chi connectivity index (χ2n) is 4.61. The van der Waals surface area contributed by atoms with Crippen molar-refractivity contribution in [3.8, 4) is 5.69 Å². The Labute approximate surface area is 116 Å². The molecule has 0 aliphatic carbocycles. The molecule has 0 aliphatic heterocycles.